The zero-order valence-electron chi connectivity index (χ0n) is 10.3. The molecule has 0 aliphatic rings. The van der Waals surface area contributed by atoms with E-state index in [-0.39, 0.29) is 18.0 Å². The summed E-state index contributed by atoms with van der Waals surface area (Å²) in [5.41, 5.74) is 3.79. The van der Waals surface area contributed by atoms with Crippen molar-refractivity contribution in [3.8, 4) is 0 Å². The molecule has 106 valence electrons. The maximum absolute atomic E-state index is 13.7. The molecule has 2 aromatic rings. The molecule has 0 fully saturated rings. The number of rotatable bonds is 4. The fourth-order valence-corrected chi connectivity index (χ4v) is 3.30. The Kier molecular flexibility index (Phi) is 5.26. The molecule has 1 unspecified atom stereocenters. The van der Waals surface area contributed by atoms with E-state index in [0.29, 0.717) is 0 Å². The molecule has 0 aliphatic heterocycles. The molecule has 0 aliphatic carbocycles. The standard InChI is InChI=1S/C14H12Br2F2N2/c15-10-3-9(4-11(16)7-10)14(20-19)6-8-5-12(17)1-2-13(8)18/h1-5,7,14,20H,6,19H2. The second kappa shape index (κ2) is 6.76. The molecule has 3 N–H and O–H groups in total. The smallest absolute Gasteiger partial charge is 0.126 e. The Morgan fingerprint density at radius 3 is 2.30 bits per heavy atom. The number of halogens is 4. The van der Waals surface area contributed by atoms with Crippen LogP contribution < -0.4 is 11.3 Å². The van der Waals surface area contributed by atoms with Crippen LogP contribution in [0.4, 0.5) is 8.78 Å². The summed E-state index contributed by atoms with van der Waals surface area (Å²) in [4.78, 5) is 0. The van der Waals surface area contributed by atoms with E-state index in [1.165, 1.54) is 6.07 Å². The highest BCUT2D eigenvalue weighted by Crippen LogP contribution is 2.26. The molecule has 0 saturated heterocycles. The van der Waals surface area contributed by atoms with Gasteiger partial charge in [-0.1, -0.05) is 31.9 Å². The molecule has 0 amide bonds. The minimum atomic E-state index is -0.465. The van der Waals surface area contributed by atoms with E-state index in [2.05, 4.69) is 37.3 Å². The van der Waals surface area contributed by atoms with E-state index in [1.807, 2.05) is 18.2 Å². The lowest BCUT2D eigenvalue weighted by molar-refractivity contribution is 0.522. The topological polar surface area (TPSA) is 38.0 Å². The van der Waals surface area contributed by atoms with Gasteiger partial charge in [-0.3, -0.25) is 11.3 Å². The molecule has 0 spiro atoms. The van der Waals surface area contributed by atoms with E-state index in [4.69, 9.17) is 5.84 Å². The summed E-state index contributed by atoms with van der Waals surface area (Å²) in [7, 11) is 0. The van der Waals surface area contributed by atoms with E-state index < -0.39 is 11.6 Å². The summed E-state index contributed by atoms with van der Waals surface area (Å²) in [6, 6.07) is 8.74. The van der Waals surface area contributed by atoms with Crippen LogP contribution in [-0.2, 0) is 6.42 Å². The van der Waals surface area contributed by atoms with Crippen LogP contribution in [0.2, 0.25) is 0 Å². The lowest BCUT2D eigenvalue weighted by Gasteiger charge is -2.17. The van der Waals surface area contributed by atoms with Gasteiger partial charge in [0.15, 0.2) is 0 Å². The molecule has 0 saturated carbocycles. The Labute approximate surface area is 132 Å². The number of nitrogens with two attached hydrogens (primary N) is 1. The van der Waals surface area contributed by atoms with Crippen molar-refractivity contribution in [3.05, 3.63) is 68.1 Å². The molecule has 0 heterocycles. The highest BCUT2D eigenvalue weighted by atomic mass is 79.9. The van der Waals surface area contributed by atoms with Gasteiger partial charge in [0.25, 0.3) is 0 Å². The summed E-state index contributed by atoms with van der Waals surface area (Å²) in [6.07, 6.45) is 0.253. The Morgan fingerprint density at radius 2 is 1.70 bits per heavy atom. The van der Waals surface area contributed by atoms with Crippen LogP contribution in [0.3, 0.4) is 0 Å². The van der Waals surface area contributed by atoms with Gasteiger partial charge in [0, 0.05) is 8.95 Å². The third-order valence-electron chi connectivity index (χ3n) is 2.92. The van der Waals surface area contributed by atoms with Gasteiger partial charge in [0.2, 0.25) is 0 Å². The lowest BCUT2D eigenvalue weighted by Crippen LogP contribution is -2.29. The highest BCUT2D eigenvalue weighted by Gasteiger charge is 2.15. The number of hydrazine groups is 1. The number of nitrogens with one attached hydrogen (secondary N) is 1. The fraction of sp³-hybridized carbons (Fsp3) is 0.143. The van der Waals surface area contributed by atoms with Crippen LogP contribution in [0.15, 0.2) is 45.3 Å². The van der Waals surface area contributed by atoms with Crippen LogP contribution in [-0.4, -0.2) is 0 Å². The van der Waals surface area contributed by atoms with Crippen LogP contribution in [0.25, 0.3) is 0 Å². The van der Waals surface area contributed by atoms with Crippen molar-refractivity contribution in [2.24, 2.45) is 5.84 Å². The van der Waals surface area contributed by atoms with Crippen molar-refractivity contribution in [1.29, 1.82) is 0 Å². The first-order valence-electron chi connectivity index (χ1n) is 5.85. The maximum Gasteiger partial charge on any atom is 0.126 e. The first-order chi connectivity index (χ1) is 9.49. The van der Waals surface area contributed by atoms with E-state index in [9.17, 15) is 8.78 Å². The minimum absolute atomic E-state index is 0.253. The number of hydrogen-bond acceptors (Lipinski definition) is 2. The van der Waals surface area contributed by atoms with Crippen molar-refractivity contribution >= 4 is 31.9 Å². The van der Waals surface area contributed by atoms with Crippen LogP contribution in [0.5, 0.6) is 0 Å². The summed E-state index contributed by atoms with van der Waals surface area (Å²) >= 11 is 6.78. The predicted octanol–water partition coefficient (Wildman–Crippen LogP) is 4.24. The molecular formula is C14H12Br2F2N2. The van der Waals surface area contributed by atoms with Crippen molar-refractivity contribution in [2.45, 2.75) is 12.5 Å². The van der Waals surface area contributed by atoms with Crippen molar-refractivity contribution in [2.75, 3.05) is 0 Å². The first kappa shape index (κ1) is 15.6. The van der Waals surface area contributed by atoms with Gasteiger partial charge < -0.3 is 0 Å². The van der Waals surface area contributed by atoms with Crippen LogP contribution in [0.1, 0.15) is 17.2 Å². The monoisotopic (exact) mass is 404 g/mol. The molecule has 6 heteroatoms. The Hall–Kier alpha value is -0.820. The van der Waals surface area contributed by atoms with Crippen molar-refractivity contribution in [1.82, 2.24) is 5.43 Å². The molecule has 20 heavy (non-hydrogen) atoms. The van der Waals surface area contributed by atoms with Gasteiger partial charge in [-0.25, -0.2) is 8.78 Å². The molecule has 2 nitrogen and oxygen atoms in total. The van der Waals surface area contributed by atoms with Gasteiger partial charge in [0.1, 0.15) is 11.6 Å². The van der Waals surface area contributed by atoms with Crippen molar-refractivity contribution < 1.29 is 8.78 Å². The zero-order chi connectivity index (χ0) is 14.7. The second-order valence-corrected chi connectivity index (χ2v) is 6.19. The number of hydrogen-bond donors (Lipinski definition) is 2. The Morgan fingerprint density at radius 1 is 1.05 bits per heavy atom. The van der Waals surface area contributed by atoms with Crippen LogP contribution >= 0.6 is 31.9 Å². The average molecular weight is 406 g/mol. The van der Waals surface area contributed by atoms with Gasteiger partial charge in [-0.2, -0.15) is 0 Å². The second-order valence-electron chi connectivity index (χ2n) is 4.36. The summed E-state index contributed by atoms with van der Waals surface area (Å²) in [5.74, 6) is 4.64. The molecule has 0 aromatic heterocycles. The predicted molar refractivity (Wildman–Crippen MR) is 82.0 cm³/mol. The third kappa shape index (κ3) is 3.85. The van der Waals surface area contributed by atoms with Crippen LogP contribution in [0, 0.1) is 11.6 Å². The fourth-order valence-electron chi connectivity index (χ4n) is 1.97. The third-order valence-corrected chi connectivity index (χ3v) is 3.84. The van der Waals surface area contributed by atoms with E-state index in [1.54, 1.807) is 0 Å². The van der Waals surface area contributed by atoms with Gasteiger partial charge in [-0.05, 0) is 53.9 Å². The van der Waals surface area contributed by atoms with Gasteiger partial charge in [-0.15, -0.1) is 0 Å². The van der Waals surface area contributed by atoms with E-state index >= 15 is 0 Å². The summed E-state index contributed by atoms with van der Waals surface area (Å²) in [5, 5.41) is 0. The molecule has 1 atom stereocenters. The number of benzene rings is 2. The molecule has 0 radical (unpaired) electrons. The summed E-state index contributed by atoms with van der Waals surface area (Å²) in [6.45, 7) is 0. The largest absolute Gasteiger partial charge is 0.271 e. The molecule has 2 aromatic carbocycles. The highest BCUT2D eigenvalue weighted by molar-refractivity contribution is 9.11. The minimum Gasteiger partial charge on any atom is -0.271 e. The lowest BCUT2D eigenvalue weighted by atomic mass is 9.99. The quantitative estimate of drug-likeness (QED) is 0.589. The van der Waals surface area contributed by atoms with Gasteiger partial charge in [0.05, 0.1) is 6.04 Å². The zero-order valence-corrected chi connectivity index (χ0v) is 13.5. The Bertz CT molecular complexity index is 600. The van der Waals surface area contributed by atoms with E-state index in [0.717, 1.165) is 26.6 Å². The molecular weight excluding hydrogens is 394 g/mol. The molecule has 2 rings (SSSR count). The Balaban J connectivity index is 2.30. The van der Waals surface area contributed by atoms with Crippen molar-refractivity contribution in [3.63, 3.8) is 0 Å². The molecule has 0 bridgehead atoms. The normalized spacial score (nSPS) is 12.4. The summed E-state index contributed by atoms with van der Waals surface area (Å²) < 4.78 is 28.6. The first-order valence-corrected chi connectivity index (χ1v) is 7.44. The van der Waals surface area contributed by atoms with Gasteiger partial charge >= 0.3 is 0 Å². The maximum atomic E-state index is 13.7. The SMILES string of the molecule is NNC(Cc1cc(F)ccc1F)c1cc(Br)cc(Br)c1. The average Bonchev–Trinajstić information content (AvgIpc) is 2.38.